The molecule has 0 aliphatic carbocycles. The van der Waals surface area contributed by atoms with Gasteiger partial charge >= 0.3 is 5.97 Å². The smallest absolute Gasteiger partial charge is 0.338 e. The van der Waals surface area contributed by atoms with Gasteiger partial charge in [-0.05, 0) is 24.6 Å². The average Bonchev–Trinajstić information content (AvgIpc) is 2.38. The summed E-state index contributed by atoms with van der Waals surface area (Å²) in [4.78, 5) is 23.0. The van der Waals surface area contributed by atoms with E-state index >= 15 is 0 Å². The zero-order valence-corrected chi connectivity index (χ0v) is 11.0. The summed E-state index contributed by atoms with van der Waals surface area (Å²) in [5.41, 5.74) is 0.0806. The fourth-order valence-corrected chi connectivity index (χ4v) is 1.66. The minimum Gasteiger partial charge on any atom is -0.462 e. The summed E-state index contributed by atoms with van der Waals surface area (Å²) in [7, 11) is 0. The summed E-state index contributed by atoms with van der Waals surface area (Å²) >= 11 is 5.38. The Morgan fingerprint density at radius 1 is 1.37 bits per heavy atom. The molecule has 0 heterocycles. The van der Waals surface area contributed by atoms with E-state index < -0.39 is 12.4 Å². The third-order valence-corrected chi connectivity index (χ3v) is 2.71. The second kappa shape index (κ2) is 7.19. The Balaban J connectivity index is 3.14. The van der Waals surface area contributed by atoms with Crippen molar-refractivity contribution in [1.29, 1.82) is 0 Å². The molecule has 0 atom stereocenters. The first-order chi connectivity index (χ1) is 8.99. The van der Waals surface area contributed by atoms with Crippen LogP contribution in [-0.4, -0.2) is 24.2 Å². The molecule has 0 aromatic heterocycles. The predicted octanol–water partition coefficient (Wildman–Crippen LogP) is 3.15. The Morgan fingerprint density at radius 2 is 2.05 bits per heavy atom. The van der Waals surface area contributed by atoms with Gasteiger partial charge in [-0.1, -0.05) is 6.07 Å². The Kier molecular flexibility index (Phi) is 5.89. The summed E-state index contributed by atoms with van der Waals surface area (Å²) in [5.74, 6) is -1.22. The largest absolute Gasteiger partial charge is 0.462 e. The normalized spacial score (nSPS) is 10.6. The molecule has 6 heteroatoms. The molecule has 1 rings (SSSR count). The Hall–Kier alpha value is -1.49. The Morgan fingerprint density at radius 3 is 2.58 bits per heavy atom. The first-order valence-electron chi connectivity index (χ1n) is 5.65. The summed E-state index contributed by atoms with van der Waals surface area (Å²) in [5, 5.41) is 0. The van der Waals surface area contributed by atoms with Crippen LogP contribution in [0, 0.1) is 0 Å². The van der Waals surface area contributed by atoms with E-state index in [1.807, 2.05) is 0 Å². The Labute approximate surface area is 114 Å². The number of carbonyl (C=O) groups excluding carboxylic acids is 2. The van der Waals surface area contributed by atoms with Gasteiger partial charge in [0.25, 0.3) is 6.43 Å². The van der Waals surface area contributed by atoms with Crippen molar-refractivity contribution in [3.8, 4) is 0 Å². The number of ketones is 1. The van der Waals surface area contributed by atoms with Crippen molar-refractivity contribution >= 4 is 23.4 Å². The summed E-state index contributed by atoms with van der Waals surface area (Å²) in [6.07, 6.45) is -2.83. The quantitative estimate of drug-likeness (QED) is 0.597. The van der Waals surface area contributed by atoms with E-state index in [2.05, 4.69) is 0 Å². The zero-order valence-electron chi connectivity index (χ0n) is 10.3. The van der Waals surface area contributed by atoms with E-state index in [9.17, 15) is 18.4 Å². The van der Waals surface area contributed by atoms with Crippen LogP contribution in [0.25, 0.3) is 0 Å². The molecule has 0 saturated carbocycles. The first kappa shape index (κ1) is 15.6. The molecule has 3 nitrogen and oxygen atoms in total. The van der Waals surface area contributed by atoms with Crippen LogP contribution < -0.4 is 0 Å². The van der Waals surface area contributed by atoms with Crippen LogP contribution in [0.1, 0.15) is 34.8 Å². The van der Waals surface area contributed by atoms with Crippen molar-refractivity contribution in [1.82, 2.24) is 0 Å². The molecule has 0 amide bonds. The van der Waals surface area contributed by atoms with E-state index in [1.54, 1.807) is 6.92 Å². The van der Waals surface area contributed by atoms with Crippen LogP contribution in [0.2, 0.25) is 0 Å². The van der Waals surface area contributed by atoms with Gasteiger partial charge in [0.15, 0.2) is 5.78 Å². The lowest BCUT2D eigenvalue weighted by Crippen LogP contribution is -2.12. The van der Waals surface area contributed by atoms with Crippen LogP contribution in [0.5, 0.6) is 0 Å². The molecule has 1 aromatic rings. The lowest BCUT2D eigenvalue weighted by Gasteiger charge is -2.10. The molecule has 0 aliphatic rings. The van der Waals surface area contributed by atoms with E-state index in [4.69, 9.17) is 16.3 Å². The average molecular weight is 291 g/mol. The van der Waals surface area contributed by atoms with Crippen molar-refractivity contribution in [2.75, 3.05) is 12.5 Å². The zero-order chi connectivity index (χ0) is 14.4. The molecular weight excluding hydrogens is 278 g/mol. The number of hydrogen-bond donors (Lipinski definition) is 0. The fraction of sp³-hybridized carbons (Fsp3) is 0.385. The second-order valence-electron chi connectivity index (χ2n) is 3.79. The molecule has 0 spiro atoms. The highest BCUT2D eigenvalue weighted by Gasteiger charge is 2.17. The van der Waals surface area contributed by atoms with Crippen LogP contribution in [0.3, 0.4) is 0 Å². The number of Topliss-reactive ketones (excluding diaryl/α,β-unsaturated/α-hetero) is 1. The van der Waals surface area contributed by atoms with Gasteiger partial charge in [0, 0.05) is 12.0 Å². The minimum atomic E-state index is -2.67. The van der Waals surface area contributed by atoms with E-state index in [0.717, 1.165) is 12.1 Å². The van der Waals surface area contributed by atoms with Gasteiger partial charge in [-0.15, -0.1) is 11.6 Å². The summed E-state index contributed by atoms with van der Waals surface area (Å²) in [6.45, 7) is 1.80. The molecule has 0 saturated heterocycles. The van der Waals surface area contributed by atoms with Gasteiger partial charge in [0.2, 0.25) is 0 Å². The van der Waals surface area contributed by atoms with Gasteiger partial charge < -0.3 is 4.74 Å². The molecule has 19 heavy (non-hydrogen) atoms. The van der Waals surface area contributed by atoms with Crippen LogP contribution in [0.15, 0.2) is 18.2 Å². The number of hydrogen-bond acceptors (Lipinski definition) is 3. The summed E-state index contributed by atoms with van der Waals surface area (Å²) in [6, 6.07) is 3.53. The highest BCUT2D eigenvalue weighted by molar-refractivity contribution is 6.27. The second-order valence-corrected chi connectivity index (χ2v) is 4.05. The molecule has 0 N–H and O–H groups in total. The SMILES string of the molecule is CCOC(=O)c1ccc(C(F)F)cc1CC(=O)CCl. The third kappa shape index (κ3) is 4.28. The Bertz CT molecular complexity index is 475. The van der Waals surface area contributed by atoms with Crippen molar-refractivity contribution in [2.45, 2.75) is 19.8 Å². The molecule has 0 bridgehead atoms. The number of benzene rings is 1. The van der Waals surface area contributed by atoms with Gasteiger partial charge in [0.05, 0.1) is 18.1 Å². The van der Waals surface area contributed by atoms with E-state index in [1.165, 1.54) is 6.07 Å². The molecule has 0 aliphatic heterocycles. The highest BCUT2D eigenvalue weighted by atomic mass is 35.5. The standard InChI is InChI=1S/C13H13ClF2O3/c1-2-19-13(18)11-4-3-8(12(15)16)5-9(11)6-10(17)7-14/h3-5,12H,2,6-7H2,1H3. The lowest BCUT2D eigenvalue weighted by molar-refractivity contribution is -0.116. The number of alkyl halides is 3. The number of ether oxygens (including phenoxy) is 1. The molecule has 0 radical (unpaired) electrons. The third-order valence-electron chi connectivity index (χ3n) is 2.41. The molecule has 1 aromatic carbocycles. The molecule has 0 fully saturated rings. The van der Waals surface area contributed by atoms with Crippen molar-refractivity contribution in [3.63, 3.8) is 0 Å². The maximum Gasteiger partial charge on any atom is 0.338 e. The van der Waals surface area contributed by atoms with Gasteiger partial charge in [-0.25, -0.2) is 13.6 Å². The highest BCUT2D eigenvalue weighted by Crippen LogP contribution is 2.23. The predicted molar refractivity (Wildman–Crippen MR) is 66.8 cm³/mol. The number of carbonyl (C=O) groups is 2. The number of esters is 1. The monoisotopic (exact) mass is 290 g/mol. The van der Waals surface area contributed by atoms with Gasteiger partial charge in [0.1, 0.15) is 0 Å². The van der Waals surface area contributed by atoms with E-state index in [-0.39, 0.29) is 41.4 Å². The van der Waals surface area contributed by atoms with Crippen molar-refractivity contribution in [3.05, 3.63) is 34.9 Å². The van der Waals surface area contributed by atoms with Crippen molar-refractivity contribution in [2.24, 2.45) is 0 Å². The summed E-state index contributed by atoms with van der Waals surface area (Å²) < 4.78 is 30.1. The van der Waals surface area contributed by atoms with E-state index in [0.29, 0.717) is 0 Å². The maximum absolute atomic E-state index is 12.6. The number of rotatable bonds is 6. The molecule has 104 valence electrons. The fourth-order valence-electron chi connectivity index (χ4n) is 1.56. The van der Waals surface area contributed by atoms with Crippen LogP contribution in [-0.2, 0) is 16.0 Å². The minimum absolute atomic E-state index is 0.115. The van der Waals surface area contributed by atoms with Gasteiger partial charge in [-0.2, -0.15) is 0 Å². The van der Waals surface area contributed by atoms with Crippen LogP contribution >= 0.6 is 11.6 Å². The topological polar surface area (TPSA) is 43.4 Å². The molecule has 0 unspecified atom stereocenters. The van der Waals surface area contributed by atoms with Gasteiger partial charge in [-0.3, -0.25) is 4.79 Å². The van der Waals surface area contributed by atoms with Crippen LogP contribution in [0.4, 0.5) is 8.78 Å². The maximum atomic E-state index is 12.6. The lowest BCUT2D eigenvalue weighted by atomic mass is 10.00. The van der Waals surface area contributed by atoms with Crippen molar-refractivity contribution < 1.29 is 23.1 Å². The number of halogens is 3. The molecular formula is C13H13ClF2O3. The first-order valence-corrected chi connectivity index (χ1v) is 6.18.